The predicted octanol–water partition coefficient (Wildman–Crippen LogP) is 3.53. The quantitative estimate of drug-likeness (QED) is 0.733. The minimum Gasteiger partial charge on any atom is -0.444 e. The average Bonchev–Trinajstić information content (AvgIpc) is 2.33. The van der Waals surface area contributed by atoms with Crippen LogP contribution in [0.2, 0.25) is 0 Å². The lowest BCUT2D eigenvalue weighted by molar-refractivity contribution is -0.115. The second kappa shape index (κ2) is 6.92. The molecule has 110 valence electrons. The summed E-state index contributed by atoms with van der Waals surface area (Å²) >= 11 is 0. The van der Waals surface area contributed by atoms with Crippen LogP contribution >= 0.6 is 0 Å². The molecule has 0 aromatic rings. The van der Waals surface area contributed by atoms with Crippen LogP contribution in [0, 0.1) is 0 Å². The van der Waals surface area contributed by atoms with Crippen LogP contribution in [0.25, 0.3) is 0 Å². The van der Waals surface area contributed by atoms with Crippen molar-refractivity contribution in [3.8, 4) is 0 Å². The Morgan fingerprint density at radius 3 is 2.58 bits per heavy atom. The number of hydrogen-bond donors (Lipinski definition) is 0. The maximum atomic E-state index is 12.3. The van der Waals surface area contributed by atoms with Crippen LogP contribution in [0.5, 0.6) is 0 Å². The van der Waals surface area contributed by atoms with Crippen molar-refractivity contribution in [3.63, 3.8) is 0 Å². The summed E-state index contributed by atoms with van der Waals surface area (Å²) in [6.07, 6.45) is 6.43. The first-order valence-electron chi connectivity index (χ1n) is 7.35. The highest BCUT2D eigenvalue weighted by Crippen LogP contribution is 2.27. The van der Waals surface area contributed by atoms with Gasteiger partial charge in [0.1, 0.15) is 11.9 Å². The minimum absolute atomic E-state index is 0.152. The topological polar surface area (TPSA) is 46.6 Å². The number of nitrogens with zero attached hydrogens (tertiary/aromatic N) is 1. The number of rotatable bonds is 4. The molecule has 0 N–H and O–H groups in total. The monoisotopic (exact) mass is 269 g/mol. The zero-order valence-corrected chi connectivity index (χ0v) is 12.6. The van der Waals surface area contributed by atoms with Crippen LogP contribution in [-0.4, -0.2) is 35.0 Å². The highest BCUT2D eigenvalue weighted by atomic mass is 16.6. The number of carbonyl (C=O) groups is 2. The molecule has 0 aromatic carbocycles. The van der Waals surface area contributed by atoms with Crippen molar-refractivity contribution in [3.05, 3.63) is 0 Å². The lowest BCUT2D eigenvalue weighted by Crippen LogP contribution is -2.52. The summed E-state index contributed by atoms with van der Waals surface area (Å²) in [6, 6.07) is -0.163. The SMILES string of the molecule is CCCCC1CCCC(C=O)N1C(=O)OC(C)(C)C. The van der Waals surface area contributed by atoms with Gasteiger partial charge >= 0.3 is 6.09 Å². The van der Waals surface area contributed by atoms with Gasteiger partial charge in [0, 0.05) is 6.04 Å². The molecule has 1 fully saturated rings. The molecule has 2 atom stereocenters. The van der Waals surface area contributed by atoms with Gasteiger partial charge < -0.3 is 9.53 Å². The number of aldehydes is 1. The summed E-state index contributed by atoms with van der Waals surface area (Å²) in [5.74, 6) is 0. The Balaban J connectivity index is 2.78. The average molecular weight is 269 g/mol. The standard InChI is InChI=1S/C15H27NO3/c1-5-6-8-12-9-7-10-13(11-17)16(12)14(18)19-15(2,3)4/h11-13H,5-10H2,1-4H3. The van der Waals surface area contributed by atoms with E-state index in [0.717, 1.165) is 44.8 Å². The van der Waals surface area contributed by atoms with E-state index in [9.17, 15) is 9.59 Å². The molecule has 1 saturated heterocycles. The molecular formula is C15H27NO3. The number of carbonyl (C=O) groups excluding carboxylic acids is 2. The molecule has 1 amide bonds. The van der Waals surface area contributed by atoms with E-state index >= 15 is 0 Å². The van der Waals surface area contributed by atoms with Crippen LogP contribution in [0.15, 0.2) is 0 Å². The fourth-order valence-electron chi connectivity index (χ4n) is 2.57. The molecule has 1 aliphatic heterocycles. The summed E-state index contributed by atoms with van der Waals surface area (Å²) in [5, 5.41) is 0. The van der Waals surface area contributed by atoms with Gasteiger partial charge in [-0.15, -0.1) is 0 Å². The second-order valence-corrected chi connectivity index (χ2v) is 6.32. The van der Waals surface area contributed by atoms with E-state index in [1.165, 1.54) is 0 Å². The fourth-order valence-corrected chi connectivity index (χ4v) is 2.57. The fraction of sp³-hybridized carbons (Fsp3) is 0.867. The van der Waals surface area contributed by atoms with Gasteiger partial charge in [-0.25, -0.2) is 4.79 Å². The first kappa shape index (κ1) is 16.0. The number of likely N-dealkylation sites (tertiary alicyclic amines) is 1. The normalized spacial score (nSPS) is 24.1. The van der Waals surface area contributed by atoms with Gasteiger partial charge in [0.15, 0.2) is 0 Å². The van der Waals surface area contributed by atoms with Crippen LogP contribution in [0.4, 0.5) is 4.79 Å². The molecule has 0 aliphatic carbocycles. The minimum atomic E-state index is -0.517. The van der Waals surface area contributed by atoms with Crippen molar-refractivity contribution in [2.24, 2.45) is 0 Å². The molecule has 2 unspecified atom stereocenters. The van der Waals surface area contributed by atoms with Crippen molar-refractivity contribution in [1.82, 2.24) is 4.90 Å². The molecule has 1 heterocycles. The molecule has 1 rings (SSSR count). The molecule has 1 aliphatic rings. The van der Waals surface area contributed by atoms with Crippen LogP contribution in [0.3, 0.4) is 0 Å². The number of unbranched alkanes of at least 4 members (excludes halogenated alkanes) is 1. The smallest absolute Gasteiger partial charge is 0.411 e. The highest BCUT2D eigenvalue weighted by Gasteiger charge is 2.36. The first-order chi connectivity index (χ1) is 8.89. The van der Waals surface area contributed by atoms with Gasteiger partial charge in [0.05, 0.1) is 6.04 Å². The van der Waals surface area contributed by atoms with E-state index in [1.54, 1.807) is 4.90 Å². The molecule has 4 nitrogen and oxygen atoms in total. The third kappa shape index (κ3) is 4.84. The highest BCUT2D eigenvalue weighted by molar-refractivity contribution is 5.74. The van der Waals surface area contributed by atoms with Gasteiger partial charge in [-0.3, -0.25) is 4.90 Å². The Morgan fingerprint density at radius 2 is 2.05 bits per heavy atom. The van der Waals surface area contributed by atoms with E-state index in [2.05, 4.69) is 6.92 Å². The van der Waals surface area contributed by atoms with E-state index < -0.39 is 5.60 Å². The van der Waals surface area contributed by atoms with Gasteiger partial charge in [-0.1, -0.05) is 19.8 Å². The van der Waals surface area contributed by atoms with E-state index in [1.807, 2.05) is 20.8 Å². The Bertz CT molecular complexity index is 309. The van der Waals surface area contributed by atoms with Crippen LogP contribution < -0.4 is 0 Å². The van der Waals surface area contributed by atoms with Crippen molar-refractivity contribution in [1.29, 1.82) is 0 Å². The zero-order chi connectivity index (χ0) is 14.5. The Kier molecular flexibility index (Phi) is 5.83. The van der Waals surface area contributed by atoms with Crippen molar-refractivity contribution in [2.75, 3.05) is 0 Å². The largest absolute Gasteiger partial charge is 0.444 e. The number of hydrogen-bond acceptors (Lipinski definition) is 3. The molecule has 4 heteroatoms. The van der Waals surface area contributed by atoms with E-state index in [-0.39, 0.29) is 18.2 Å². The number of ether oxygens (including phenoxy) is 1. The van der Waals surface area contributed by atoms with Crippen molar-refractivity contribution >= 4 is 12.4 Å². The molecule has 0 saturated carbocycles. The predicted molar refractivity (Wildman–Crippen MR) is 75.1 cm³/mol. The maximum absolute atomic E-state index is 12.3. The number of amides is 1. The third-order valence-corrected chi connectivity index (χ3v) is 3.44. The van der Waals surface area contributed by atoms with Gasteiger partial charge in [0.2, 0.25) is 0 Å². The summed E-state index contributed by atoms with van der Waals surface area (Å²) < 4.78 is 5.45. The molecule has 0 bridgehead atoms. The maximum Gasteiger partial charge on any atom is 0.411 e. The van der Waals surface area contributed by atoms with Gasteiger partial charge in [0.25, 0.3) is 0 Å². The van der Waals surface area contributed by atoms with Crippen molar-refractivity contribution in [2.45, 2.75) is 83.9 Å². The second-order valence-electron chi connectivity index (χ2n) is 6.32. The summed E-state index contributed by atoms with van der Waals surface area (Å²) in [5.41, 5.74) is -0.517. The van der Waals surface area contributed by atoms with Gasteiger partial charge in [-0.2, -0.15) is 0 Å². The molecule has 19 heavy (non-hydrogen) atoms. The number of piperidine rings is 1. The van der Waals surface area contributed by atoms with E-state index in [4.69, 9.17) is 4.74 Å². The van der Waals surface area contributed by atoms with E-state index in [0.29, 0.717) is 0 Å². The zero-order valence-electron chi connectivity index (χ0n) is 12.6. The molecule has 0 radical (unpaired) electrons. The lowest BCUT2D eigenvalue weighted by atomic mass is 9.93. The van der Waals surface area contributed by atoms with Crippen molar-refractivity contribution < 1.29 is 14.3 Å². The van der Waals surface area contributed by atoms with Crippen LogP contribution in [0.1, 0.15) is 66.2 Å². The Labute approximate surface area is 116 Å². The molecular weight excluding hydrogens is 242 g/mol. The van der Waals surface area contributed by atoms with Gasteiger partial charge in [-0.05, 0) is 46.5 Å². The first-order valence-corrected chi connectivity index (χ1v) is 7.35. The Morgan fingerprint density at radius 1 is 1.37 bits per heavy atom. The van der Waals surface area contributed by atoms with Crippen LogP contribution in [-0.2, 0) is 9.53 Å². The Hall–Kier alpha value is -1.06. The third-order valence-electron chi connectivity index (χ3n) is 3.44. The lowest BCUT2D eigenvalue weighted by Gasteiger charge is -2.40. The summed E-state index contributed by atoms with van der Waals surface area (Å²) in [4.78, 5) is 25.2. The summed E-state index contributed by atoms with van der Waals surface area (Å²) in [6.45, 7) is 7.70. The summed E-state index contributed by atoms with van der Waals surface area (Å²) in [7, 11) is 0. The molecule has 0 spiro atoms. The molecule has 0 aromatic heterocycles.